The van der Waals surface area contributed by atoms with Gasteiger partial charge in [-0.3, -0.25) is 0 Å². The summed E-state index contributed by atoms with van der Waals surface area (Å²) in [5.74, 6) is 0. The first-order valence-corrected chi connectivity index (χ1v) is 11.0. The lowest BCUT2D eigenvalue weighted by atomic mass is 10.2. The molecule has 6 heteroatoms. The molecule has 0 unspecified atom stereocenters. The van der Waals surface area contributed by atoms with Crippen LogP contribution in [0, 0.1) is 0 Å². The van der Waals surface area contributed by atoms with Crippen LogP contribution in [0.25, 0.3) is 11.3 Å². The lowest BCUT2D eigenvalue weighted by molar-refractivity contribution is 0.605. The summed E-state index contributed by atoms with van der Waals surface area (Å²) in [4.78, 5) is 0. The maximum Gasteiger partial charge on any atom is 0.133 e. The summed E-state index contributed by atoms with van der Waals surface area (Å²) in [5, 5.41) is 10.00. The minimum absolute atomic E-state index is 0.156. The maximum absolute atomic E-state index is 4.48. The van der Waals surface area contributed by atoms with Gasteiger partial charge in [-0.15, -0.1) is 5.10 Å². The van der Waals surface area contributed by atoms with Crippen molar-refractivity contribution in [2.75, 3.05) is 0 Å². The predicted octanol–water partition coefficient (Wildman–Crippen LogP) is 6.29. The van der Waals surface area contributed by atoms with Gasteiger partial charge in [0.1, 0.15) is 10.7 Å². The maximum atomic E-state index is 4.48. The van der Waals surface area contributed by atoms with Gasteiger partial charge in [0.15, 0.2) is 0 Å². The number of benzene rings is 2. The molecule has 3 nitrogen and oxygen atoms in total. The molecule has 0 aliphatic carbocycles. The molecular weight excluding hydrogens is 414 g/mol. The summed E-state index contributed by atoms with van der Waals surface area (Å²) < 4.78 is 3.21. The van der Waals surface area contributed by atoms with Crippen molar-refractivity contribution in [2.24, 2.45) is 0 Å². The van der Waals surface area contributed by atoms with Gasteiger partial charge < -0.3 is 0 Å². The Morgan fingerprint density at radius 2 is 1.68 bits per heavy atom. The van der Waals surface area contributed by atoms with E-state index in [1.54, 1.807) is 10.8 Å². The van der Waals surface area contributed by atoms with Crippen molar-refractivity contribution in [3.05, 3.63) is 64.6 Å². The molecular formula is C19H20BrN3S2. The van der Waals surface area contributed by atoms with Crippen LogP contribution in [0.1, 0.15) is 26.3 Å². The molecule has 0 amide bonds. The molecule has 1 aromatic heterocycles. The third kappa shape index (κ3) is 5.12. The van der Waals surface area contributed by atoms with E-state index in [1.807, 2.05) is 33.7 Å². The first-order valence-electron chi connectivity index (χ1n) is 8.01. The molecule has 0 atom stereocenters. The van der Waals surface area contributed by atoms with E-state index in [2.05, 4.69) is 83.4 Å². The number of rotatable bonds is 5. The van der Waals surface area contributed by atoms with Gasteiger partial charge in [-0.1, -0.05) is 95.2 Å². The van der Waals surface area contributed by atoms with Crippen molar-refractivity contribution >= 4 is 37.5 Å². The molecule has 3 rings (SSSR count). The largest absolute Gasteiger partial charge is 0.233 e. The monoisotopic (exact) mass is 433 g/mol. The number of halogens is 1. The molecule has 0 N–H and O–H groups in total. The minimum Gasteiger partial charge on any atom is -0.233 e. The molecule has 0 saturated heterocycles. The lowest BCUT2D eigenvalue weighted by Gasteiger charge is -2.17. The Balaban J connectivity index is 1.95. The van der Waals surface area contributed by atoms with Crippen molar-refractivity contribution in [3.8, 4) is 11.3 Å². The van der Waals surface area contributed by atoms with E-state index in [1.165, 1.54) is 5.56 Å². The highest BCUT2D eigenvalue weighted by atomic mass is 79.9. The molecule has 25 heavy (non-hydrogen) atoms. The first kappa shape index (κ1) is 18.5. The van der Waals surface area contributed by atoms with E-state index in [-0.39, 0.29) is 4.75 Å². The number of aromatic nitrogens is 3. The summed E-state index contributed by atoms with van der Waals surface area (Å²) in [6.45, 7) is 7.37. The molecule has 2 aromatic carbocycles. The van der Waals surface area contributed by atoms with Gasteiger partial charge in [0.05, 0.1) is 6.54 Å². The van der Waals surface area contributed by atoms with Crippen LogP contribution in [0.3, 0.4) is 0 Å². The summed E-state index contributed by atoms with van der Waals surface area (Å²) >= 11 is 3.49. The van der Waals surface area contributed by atoms with Crippen molar-refractivity contribution in [1.29, 1.82) is 0 Å². The van der Waals surface area contributed by atoms with E-state index in [0.29, 0.717) is 0 Å². The molecule has 1 heterocycles. The summed E-state index contributed by atoms with van der Waals surface area (Å²) in [5.41, 5.74) is 3.24. The van der Waals surface area contributed by atoms with Crippen LogP contribution >= 0.6 is 37.5 Å². The van der Waals surface area contributed by atoms with Crippen LogP contribution in [0.2, 0.25) is 0 Å². The minimum atomic E-state index is 0.156. The fourth-order valence-electron chi connectivity index (χ4n) is 2.20. The fourth-order valence-corrected chi connectivity index (χ4v) is 4.70. The van der Waals surface area contributed by atoms with Crippen LogP contribution < -0.4 is 0 Å². The molecule has 0 radical (unpaired) electrons. The highest BCUT2D eigenvalue weighted by Crippen LogP contribution is 2.43. The van der Waals surface area contributed by atoms with Crippen LogP contribution in [0.5, 0.6) is 0 Å². The Morgan fingerprint density at radius 1 is 1.00 bits per heavy atom. The topological polar surface area (TPSA) is 30.7 Å². The summed E-state index contributed by atoms with van der Waals surface area (Å²) in [6, 6.07) is 18.6. The zero-order valence-electron chi connectivity index (χ0n) is 14.4. The Kier molecular flexibility index (Phi) is 5.92. The van der Waals surface area contributed by atoms with E-state index in [4.69, 9.17) is 0 Å². The molecule has 0 aliphatic heterocycles. The average Bonchev–Trinajstić information content (AvgIpc) is 2.96. The van der Waals surface area contributed by atoms with Gasteiger partial charge in [-0.2, -0.15) is 0 Å². The van der Waals surface area contributed by atoms with Crippen molar-refractivity contribution in [1.82, 2.24) is 15.0 Å². The molecule has 0 saturated carbocycles. The summed E-state index contributed by atoms with van der Waals surface area (Å²) in [6.07, 6.45) is 0. The van der Waals surface area contributed by atoms with E-state index in [9.17, 15) is 0 Å². The zero-order valence-corrected chi connectivity index (χ0v) is 17.7. The normalized spacial score (nSPS) is 11.7. The van der Waals surface area contributed by atoms with Gasteiger partial charge in [0, 0.05) is 14.8 Å². The summed E-state index contributed by atoms with van der Waals surface area (Å²) in [7, 11) is 3.58. The lowest BCUT2D eigenvalue weighted by Crippen LogP contribution is -2.06. The predicted molar refractivity (Wildman–Crippen MR) is 112 cm³/mol. The number of nitrogens with zero attached hydrogens (tertiary/aromatic N) is 3. The van der Waals surface area contributed by atoms with Crippen LogP contribution in [0.15, 0.2) is 64.1 Å². The Hall–Kier alpha value is -1.24. The van der Waals surface area contributed by atoms with Crippen molar-refractivity contribution in [3.63, 3.8) is 0 Å². The van der Waals surface area contributed by atoms with Gasteiger partial charge in [-0.25, -0.2) is 4.68 Å². The second-order valence-electron chi connectivity index (χ2n) is 6.67. The number of hydrogen-bond donors (Lipinski definition) is 0. The van der Waals surface area contributed by atoms with E-state index >= 15 is 0 Å². The molecule has 0 spiro atoms. The average molecular weight is 434 g/mol. The van der Waals surface area contributed by atoms with E-state index in [0.717, 1.165) is 27.3 Å². The third-order valence-corrected chi connectivity index (χ3v) is 7.25. The standard InChI is InChI=1S/C19H20BrN3S2/c1-19(2,3)25-24-18-17(15-9-11-16(20)12-10-15)21-22-23(18)13-14-7-5-4-6-8-14/h4-12H,13H2,1-3H3. The highest BCUT2D eigenvalue weighted by Gasteiger charge is 2.20. The van der Waals surface area contributed by atoms with Crippen LogP contribution in [-0.4, -0.2) is 19.7 Å². The van der Waals surface area contributed by atoms with Gasteiger partial charge in [-0.05, 0) is 28.5 Å². The first-order chi connectivity index (χ1) is 11.9. The smallest absolute Gasteiger partial charge is 0.133 e. The Labute approximate surface area is 165 Å². The SMILES string of the molecule is CC(C)(C)SSc1c(-c2ccc(Br)cc2)nnn1Cc1ccccc1. The zero-order chi connectivity index (χ0) is 17.9. The van der Waals surface area contributed by atoms with Crippen LogP contribution in [0.4, 0.5) is 0 Å². The molecule has 0 aliphatic rings. The molecule has 0 bridgehead atoms. The molecule has 130 valence electrons. The quantitative estimate of drug-likeness (QED) is 0.441. The second-order valence-corrected chi connectivity index (χ2v) is 10.5. The van der Waals surface area contributed by atoms with Crippen molar-refractivity contribution < 1.29 is 0 Å². The van der Waals surface area contributed by atoms with E-state index < -0.39 is 0 Å². The Morgan fingerprint density at radius 3 is 2.32 bits per heavy atom. The molecule has 3 aromatic rings. The van der Waals surface area contributed by atoms with Gasteiger partial charge in [0.2, 0.25) is 0 Å². The van der Waals surface area contributed by atoms with Gasteiger partial charge in [0.25, 0.3) is 0 Å². The van der Waals surface area contributed by atoms with Crippen LogP contribution in [-0.2, 0) is 6.54 Å². The van der Waals surface area contributed by atoms with Gasteiger partial charge >= 0.3 is 0 Å². The second kappa shape index (κ2) is 7.98. The highest BCUT2D eigenvalue weighted by molar-refractivity contribution is 9.10. The fraction of sp³-hybridized carbons (Fsp3) is 0.263. The molecule has 0 fully saturated rings. The van der Waals surface area contributed by atoms with Crippen molar-refractivity contribution in [2.45, 2.75) is 37.1 Å². The Bertz CT molecular complexity index is 824. The number of hydrogen-bond acceptors (Lipinski definition) is 4. The third-order valence-electron chi connectivity index (χ3n) is 3.35.